The second-order valence-corrected chi connectivity index (χ2v) is 10.5. The van der Waals surface area contributed by atoms with Crippen LogP contribution >= 0.6 is 0 Å². The summed E-state index contributed by atoms with van der Waals surface area (Å²) in [4.78, 5) is 11.6. The Kier molecular flexibility index (Phi) is 5.68. The van der Waals surface area contributed by atoms with Crippen LogP contribution in [-0.4, -0.2) is 45.8 Å². The molecule has 36 heavy (non-hydrogen) atoms. The Bertz CT molecular complexity index is 1340. The van der Waals surface area contributed by atoms with E-state index in [4.69, 9.17) is 20.0 Å². The summed E-state index contributed by atoms with van der Waals surface area (Å²) in [6, 6.07) is 8.51. The van der Waals surface area contributed by atoms with Crippen LogP contribution in [0.5, 0.6) is 5.88 Å². The molecule has 2 aromatic heterocycles. The zero-order valence-electron chi connectivity index (χ0n) is 21.0. The normalized spacial score (nSPS) is 24.2. The fraction of sp³-hybridized carbons (Fsp3) is 0.500. The number of aromatic nitrogens is 3. The zero-order chi connectivity index (χ0) is 24.9. The molecule has 0 saturated carbocycles. The van der Waals surface area contributed by atoms with Crippen LogP contribution < -0.4 is 10.5 Å². The van der Waals surface area contributed by atoms with Crippen molar-refractivity contribution in [1.82, 2.24) is 20.0 Å². The van der Waals surface area contributed by atoms with Gasteiger partial charge in [0.25, 0.3) is 0 Å². The first kappa shape index (κ1) is 23.0. The number of ether oxygens (including phenoxy) is 1. The van der Waals surface area contributed by atoms with E-state index in [0.717, 1.165) is 68.4 Å². The minimum Gasteiger partial charge on any atom is -0.473 e. The molecule has 186 valence electrons. The van der Waals surface area contributed by atoms with Crippen molar-refractivity contribution in [2.45, 2.75) is 75.9 Å². The summed E-state index contributed by atoms with van der Waals surface area (Å²) in [6.45, 7) is 3.21. The molecule has 1 aliphatic heterocycles. The molecular weight excluding hydrogens is 452 g/mol. The number of nitrogen functional groups attached to an aromatic ring is 1. The van der Waals surface area contributed by atoms with Gasteiger partial charge in [-0.1, -0.05) is 11.2 Å². The number of nitriles is 1. The van der Waals surface area contributed by atoms with Gasteiger partial charge in [0.05, 0.1) is 11.0 Å². The van der Waals surface area contributed by atoms with Crippen LogP contribution in [0.2, 0.25) is 0 Å². The molecule has 3 aliphatic rings. The van der Waals surface area contributed by atoms with Crippen molar-refractivity contribution in [2.75, 3.05) is 19.3 Å². The van der Waals surface area contributed by atoms with Gasteiger partial charge in [-0.15, -0.1) is 0 Å². The molecule has 3 heterocycles. The fourth-order valence-electron chi connectivity index (χ4n) is 6.81. The van der Waals surface area contributed by atoms with E-state index in [1.54, 1.807) is 6.20 Å². The highest BCUT2D eigenvalue weighted by Crippen LogP contribution is 2.53. The van der Waals surface area contributed by atoms with Gasteiger partial charge in [-0.2, -0.15) is 10.2 Å². The summed E-state index contributed by atoms with van der Waals surface area (Å²) in [6.07, 6.45) is 9.70. The molecule has 1 aromatic carbocycles. The number of anilines is 1. The fourth-order valence-corrected chi connectivity index (χ4v) is 6.81. The predicted molar refractivity (Wildman–Crippen MR) is 135 cm³/mol. The van der Waals surface area contributed by atoms with Gasteiger partial charge in [-0.05, 0) is 89.1 Å². The van der Waals surface area contributed by atoms with Crippen molar-refractivity contribution in [2.24, 2.45) is 0 Å². The Balaban J connectivity index is 1.38. The van der Waals surface area contributed by atoms with Crippen molar-refractivity contribution in [3.8, 4) is 23.5 Å². The Labute approximate surface area is 211 Å². The quantitative estimate of drug-likeness (QED) is 0.542. The van der Waals surface area contributed by atoms with Gasteiger partial charge in [-0.25, -0.2) is 4.98 Å². The molecule has 8 nitrogen and oxygen atoms in total. The standard InChI is InChI=1S/C28H32N6O2/c1-17(22-8-5-15-34(22)2)35-23-11-14-31-27(32-23)25-19-7-4-13-28(26(19)36-33-25)12-3-6-18-9-10-21(30)20(16-29)24(18)28/h9-11,14,17,22H,3-8,12-13,15,30H2,1-2H3/t17-,22-,28-/m0/s1. The monoisotopic (exact) mass is 484 g/mol. The Morgan fingerprint density at radius 1 is 1.22 bits per heavy atom. The molecule has 3 atom stereocenters. The zero-order valence-corrected chi connectivity index (χ0v) is 21.0. The van der Waals surface area contributed by atoms with Gasteiger partial charge in [0, 0.05) is 29.6 Å². The second kappa shape index (κ2) is 8.90. The molecule has 1 saturated heterocycles. The maximum absolute atomic E-state index is 10.0. The van der Waals surface area contributed by atoms with E-state index in [1.165, 1.54) is 12.0 Å². The highest BCUT2D eigenvalue weighted by Gasteiger charge is 2.47. The average molecular weight is 485 g/mol. The third kappa shape index (κ3) is 3.56. The van der Waals surface area contributed by atoms with Gasteiger partial charge < -0.3 is 15.0 Å². The topological polar surface area (TPSA) is 114 Å². The van der Waals surface area contributed by atoms with Crippen LogP contribution in [0.15, 0.2) is 28.9 Å². The number of nitrogens with two attached hydrogens (primary N) is 1. The first-order chi connectivity index (χ1) is 17.5. The predicted octanol–water partition coefficient (Wildman–Crippen LogP) is 4.41. The number of likely N-dealkylation sites (tertiary alicyclic amines) is 1. The number of rotatable bonds is 4. The summed E-state index contributed by atoms with van der Waals surface area (Å²) in [5.41, 5.74) is 10.9. The summed E-state index contributed by atoms with van der Waals surface area (Å²) in [5, 5.41) is 14.5. The Morgan fingerprint density at radius 3 is 2.83 bits per heavy atom. The van der Waals surface area contributed by atoms with E-state index < -0.39 is 0 Å². The largest absolute Gasteiger partial charge is 0.473 e. The lowest BCUT2D eigenvalue weighted by Gasteiger charge is -2.41. The summed E-state index contributed by atoms with van der Waals surface area (Å²) < 4.78 is 12.4. The lowest BCUT2D eigenvalue weighted by Crippen LogP contribution is -2.38. The smallest absolute Gasteiger partial charge is 0.217 e. The third-order valence-electron chi connectivity index (χ3n) is 8.48. The minimum atomic E-state index is -0.386. The molecule has 0 radical (unpaired) electrons. The molecule has 1 fully saturated rings. The lowest BCUT2D eigenvalue weighted by molar-refractivity contribution is 0.117. The van der Waals surface area contributed by atoms with Crippen LogP contribution in [0.25, 0.3) is 11.5 Å². The number of fused-ring (bicyclic) bond motifs is 4. The molecule has 2 N–H and O–H groups in total. The van der Waals surface area contributed by atoms with Crippen molar-refractivity contribution in [3.63, 3.8) is 0 Å². The second-order valence-electron chi connectivity index (χ2n) is 10.5. The maximum atomic E-state index is 10.0. The highest BCUT2D eigenvalue weighted by molar-refractivity contribution is 5.67. The van der Waals surface area contributed by atoms with Gasteiger partial charge in [0.1, 0.15) is 12.2 Å². The third-order valence-corrected chi connectivity index (χ3v) is 8.48. The van der Waals surface area contributed by atoms with E-state index in [0.29, 0.717) is 34.7 Å². The molecule has 0 unspecified atom stereocenters. The van der Waals surface area contributed by atoms with Gasteiger partial charge >= 0.3 is 0 Å². The first-order valence-electron chi connectivity index (χ1n) is 13.0. The summed E-state index contributed by atoms with van der Waals surface area (Å²) in [7, 11) is 2.15. The molecule has 0 amide bonds. The molecule has 2 aliphatic carbocycles. The van der Waals surface area contributed by atoms with E-state index >= 15 is 0 Å². The molecular formula is C28H32N6O2. The van der Waals surface area contributed by atoms with E-state index in [9.17, 15) is 5.26 Å². The van der Waals surface area contributed by atoms with E-state index in [2.05, 4.69) is 41.1 Å². The molecule has 3 aromatic rings. The number of benzene rings is 1. The SMILES string of the molecule is C[C@H](Oc1ccnc(-c2noc3c2CCC[C@]32CCCc3ccc(N)c(C#N)c32)n1)[C@@H]1CCCN1C. The maximum Gasteiger partial charge on any atom is 0.217 e. The van der Waals surface area contributed by atoms with Crippen molar-refractivity contribution in [3.05, 3.63) is 52.4 Å². The molecule has 1 spiro atoms. The van der Waals surface area contributed by atoms with Crippen molar-refractivity contribution in [1.29, 1.82) is 5.26 Å². The number of nitrogens with zero attached hydrogens (tertiary/aromatic N) is 5. The van der Waals surface area contributed by atoms with Gasteiger partial charge in [-0.3, -0.25) is 4.90 Å². The number of aryl methyl sites for hydroxylation is 1. The summed E-state index contributed by atoms with van der Waals surface area (Å²) >= 11 is 0. The Morgan fingerprint density at radius 2 is 2.06 bits per heavy atom. The lowest BCUT2D eigenvalue weighted by atomic mass is 9.61. The molecule has 6 rings (SSSR count). The van der Waals surface area contributed by atoms with E-state index in [-0.39, 0.29) is 11.5 Å². The average Bonchev–Trinajstić information content (AvgIpc) is 3.52. The van der Waals surface area contributed by atoms with Crippen molar-refractivity contribution < 1.29 is 9.26 Å². The van der Waals surface area contributed by atoms with Crippen LogP contribution in [0.4, 0.5) is 5.69 Å². The highest BCUT2D eigenvalue weighted by atomic mass is 16.5. The number of likely N-dealkylation sites (N-methyl/N-ethyl adjacent to an activating group) is 1. The Hall–Kier alpha value is -3.44. The minimum absolute atomic E-state index is 0.0309. The molecule has 0 bridgehead atoms. The van der Waals surface area contributed by atoms with Crippen molar-refractivity contribution >= 4 is 5.69 Å². The van der Waals surface area contributed by atoms with Gasteiger partial charge in [0.2, 0.25) is 5.88 Å². The molecule has 8 heteroatoms. The van der Waals surface area contributed by atoms with Crippen LogP contribution in [0.3, 0.4) is 0 Å². The van der Waals surface area contributed by atoms with Crippen LogP contribution in [0.1, 0.15) is 73.5 Å². The van der Waals surface area contributed by atoms with Crippen LogP contribution in [0, 0.1) is 11.3 Å². The number of hydrogen-bond donors (Lipinski definition) is 1. The van der Waals surface area contributed by atoms with Gasteiger partial charge in [0.15, 0.2) is 17.3 Å². The van der Waals surface area contributed by atoms with Crippen LogP contribution in [-0.2, 0) is 18.3 Å². The van der Waals surface area contributed by atoms with E-state index in [1.807, 2.05) is 12.1 Å². The first-order valence-corrected chi connectivity index (χ1v) is 13.0. The summed E-state index contributed by atoms with van der Waals surface area (Å²) in [5.74, 6) is 1.92. The number of hydrogen-bond acceptors (Lipinski definition) is 8.